The number of carbonyl (C=O) groups excluding carboxylic acids is 2. The van der Waals surface area contributed by atoms with E-state index in [1.165, 1.54) is 11.3 Å². The van der Waals surface area contributed by atoms with Gasteiger partial charge in [0.25, 0.3) is 0 Å². The highest BCUT2D eigenvalue weighted by Crippen LogP contribution is 2.23. The summed E-state index contributed by atoms with van der Waals surface area (Å²) in [4.78, 5) is 24.9. The fraction of sp³-hybridized carbons (Fsp3) is 0.556. The average molecular weight is 270 g/mol. The summed E-state index contributed by atoms with van der Waals surface area (Å²) in [6.07, 6.45) is 0. The molecule has 18 heavy (non-hydrogen) atoms. The normalized spacial score (nSPS) is 19.7. The number of nitrogens with zero attached hydrogens (tertiary/aromatic N) is 3. The minimum absolute atomic E-state index is 0.156. The van der Waals surface area contributed by atoms with Gasteiger partial charge in [0.15, 0.2) is 0 Å². The molecule has 0 saturated carbocycles. The van der Waals surface area contributed by atoms with Gasteiger partial charge in [-0.25, -0.2) is 5.84 Å². The third-order valence-corrected chi connectivity index (χ3v) is 3.69. The molecule has 98 valence electrons. The van der Waals surface area contributed by atoms with Crippen LogP contribution in [0.4, 0.5) is 5.13 Å². The number of aromatic nitrogens is 2. The molecule has 2 heterocycles. The molecule has 0 unspecified atom stereocenters. The zero-order chi connectivity index (χ0) is 13.3. The van der Waals surface area contributed by atoms with Crippen LogP contribution in [0.25, 0.3) is 0 Å². The van der Waals surface area contributed by atoms with Crippen LogP contribution in [0.2, 0.25) is 0 Å². The number of rotatable bonds is 3. The highest BCUT2D eigenvalue weighted by Gasteiger charge is 2.41. The summed E-state index contributed by atoms with van der Waals surface area (Å²) < 4.78 is 0. The lowest BCUT2D eigenvalue weighted by atomic mass is 9.99. The van der Waals surface area contributed by atoms with Crippen molar-refractivity contribution in [2.24, 2.45) is 5.84 Å². The summed E-state index contributed by atoms with van der Waals surface area (Å²) in [6.45, 7) is 4.06. The Morgan fingerprint density at radius 1 is 1.50 bits per heavy atom. The van der Waals surface area contributed by atoms with E-state index in [0.29, 0.717) is 16.7 Å². The molecule has 1 aliphatic heterocycles. The summed E-state index contributed by atoms with van der Waals surface area (Å²) in [7, 11) is 0. The molecular weight excluding hydrogens is 256 g/mol. The van der Waals surface area contributed by atoms with Gasteiger partial charge in [-0.3, -0.25) is 25.2 Å². The van der Waals surface area contributed by atoms with E-state index >= 15 is 0 Å². The Morgan fingerprint density at radius 2 is 2.22 bits per heavy atom. The van der Waals surface area contributed by atoms with Gasteiger partial charge in [0.05, 0.1) is 18.6 Å². The lowest BCUT2D eigenvalue weighted by Gasteiger charge is -2.39. The zero-order valence-corrected chi connectivity index (χ0v) is 10.9. The van der Waals surface area contributed by atoms with Crippen molar-refractivity contribution < 1.29 is 9.59 Å². The molecule has 0 spiro atoms. The average Bonchev–Trinajstić information content (AvgIpc) is 2.74. The number of nitrogens with one attached hydrogen (secondary N) is 2. The van der Waals surface area contributed by atoms with Gasteiger partial charge in [0.1, 0.15) is 5.01 Å². The Kier molecular flexibility index (Phi) is 3.28. The molecular formula is C9H14N6O2S. The molecule has 1 aromatic rings. The number of nitrogen functional groups attached to an aromatic ring is 1. The van der Waals surface area contributed by atoms with Crippen LogP contribution in [0.15, 0.2) is 0 Å². The zero-order valence-electron chi connectivity index (χ0n) is 10.1. The maximum atomic E-state index is 11.7. The quantitative estimate of drug-likeness (QED) is 0.369. The molecule has 8 nitrogen and oxygen atoms in total. The summed E-state index contributed by atoms with van der Waals surface area (Å²) in [5.41, 5.74) is 1.65. The van der Waals surface area contributed by atoms with E-state index in [1.54, 1.807) is 18.7 Å². The third-order valence-electron chi connectivity index (χ3n) is 2.85. The van der Waals surface area contributed by atoms with Gasteiger partial charge in [-0.05, 0) is 13.8 Å². The number of hydrogen-bond donors (Lipinski definition) is 3. The Morgan fingerprint density at radius 3 is 2.83 bits per heavy atom. The molecule has 2 amide bonds. The van der Waals surface area contributed by atoms with Crippen molar-refractivity contribution in [2.75, 3.05) is 12.0 Å². The second-order valence-corrected chi connectivity index (χ2v) is 5.50. The SMILES string of the molecule is CC1(C)C(=O)NC(=O)CN1Cc1nnc(NN)s1. The molecule has 9 heteroatoms. The van der Waals surface area contributed by atoms with Crippen LogP contribution in [-0.2, 0) is 16.1 Å². The number of nitrogens with two attached hydrogens (primary N) is 1. The monoisotopic (exact) mass is 270 g/mol. The van der Waals surface area contributed by atoms with Crippen LogP contribution < -0.4 is 16.6 Å². The molecule has 1 fully saturated rings. The number of anilines is 1. The fourth-order valence-corrected chi connectivity index (χ4v) is 2.29. The van der Waals surface area contributed by atoms with Crippen molar-refractivity contribution in [3.8, 4) is 0 Å². The fourth-order valence-electron chi connectivity index (χ4n) is 1.63. The summed E-state index contributed by atoms with van der Waals surface area (Å²) in [6, 6.07) is 0. The number of amides is 2. The Balaban J connectivity index is 2.15. The van der Waals surface area contributed by atoms with Gasteiger partial charge in [-0.2, -0.15) is 0 Å². The molecule has 0 radical (unpaired) electrons. The van der Waals surface area contributed by atoms with Crippen molar-refractivity contribution in [3.05, 3.63) is 5.01 Å². The first-order chi connectivity index (χ1) is 8.43. The Labute approximate surface area is 108 Å². The molecule has 1 saturated heterocycles. The van der Waals surface area contributed by atoms with Crippen LogP contribution >= 0.6 is 11.3 Å². The van der Waals surface area contributed by atoms with Gasteiger partial charge in [-0.1, -0.05) is 11.3 Å². The summed E-state index contributed by atoms with van der Waals surface area (Å²) >= 11 is 1.29. The van der Waals surface area contributed by atoms with E-state index in [9.17, 15) is 9.59 Å². The predicted octanol–water partition coefficient (Wildman–Crippen LogP) is -0.939. The first-order valence-electron chi connectivity index (χ1n) is 5.32. The van der Waals surface area contributed by atoms with Crippen molar-refractivity contribution in [3.63, 3.8) is 0 Å². The van der Waals surface area contributed by atoms with Crippen LogP contribution in [0, 0.1) is 0 Å². The van der Waals surface area contributed by atoms with E-state index in [1.807, 2.05) is 0 Å². The molecule has 1 aromatic heterocycles. The molecule has 2 rings (SSSR count). The highest BCUT2D eigenvalue weighted by atomic mass is 32.1. The molecule has 0 aromatic carbocycles. The first-order valence-corrected chi connectivity index (χ1v) is 6.13. The summed E-state index contributed by atoms with van der Waals surface area (Å²) in [5, 5.41) is 11.3. The van der Waals surface area contributed by atoms with Gasteiger partial charge in [0.2, 0.25) is 16.9 Å². The van der Waals surface area contributed by atoms with Crippen LogP contribution in [-0.4, -0.2) is 39.0 Å². The van der Waals surface area contributed by atoms with Crippen LogP contribution in [0.3, 0.4) is 0 Å². The topological polar surface area (TPSA) is 113 Å². The lowest BCUT2D eigenvalue weighted by Crippen LogP contribution is -2.63. The third kappa shape index (κ3) is 2.33. The van der Waals surface area contributed by atoms with E-state index in [2.05, 4.69) is 20.9 Å². The van der Waals surface area contributed by atoms with E-state index in [4.69, 9.17) is 5.84 Å². The van der Waals surface area contributed by atoms with Gasteiger partial charge < -0.3 is 0 Å². The van der Waals surface area contributed by atoms with E-state index in [0.717, 1.165) is 0 Å². The number of piperazine rings is 1. The van der Waals surface area contributed by atoms with Crippen LogP contribution in [0.1, 0.15) is 18.9 Å². The lowest BCUT2D eigenvalue weighted by molar-refractivity contribution is -0.145. The van der Waals surface area contributed by atoms with Crippen molar-refractivity contribution >= 4 is 28.3 Å². The number of hydrogen-bond acceptors (Lipinski definition) is 8. The Bertz CT molecular complexity index is 485. The first kappa shape index (κ1) is 12.9. The molecule has 0 bridgehead atoms. The van der Waals surface area contributed by atoms with Crippen molar-refractivity contribution in [1.82, 2.24) is 20.4 Å². The van der Waals surface area contributed by atoms with Gasteiger partial charge >= 0.3 is 0 Å². The Hall–Kier alpha value is -1.58. The molecule has 4 N–H and O–H groups in total. The van der Waals surface area contributed by atoms with Crippen LogP contribution in [0.5, 0.6) is 0 Å². The highest BCUT2D eigenvalue weighted by molar-refractivity contribution is 7.15. The maximum absolute atomic E-state index is 11.7. The number of carbonyl (C=O) groups is 2. The minimum Gasteiger partial charge on any atom is -0.298 e. The largest absolute Gasteiger partial charge is 0.298 e. The number of imide groups is 1. The molecule has 0 aliphatic carbocycles. The second-order valence-electron chi connectivity index (χ2n) is 4.44. The maximum Gasteiger partial charge on any atom is 0.246 e. The van der Waals surface area contributed by atoms with Crippen molar-refractivity contribution in [1.29, 1.82) is 0 Å². The predicted molar refractivity (Wildman–Crippen MR) is 65.4 cm³/mol. The van der Waals surface area contributed by atoms with E-state index < -0.39 is 5.54 Å². The standard InChI is InChI=1S/C9H14N6O2S/c1-9(2)7(17)11-5(16)3-15(9)4-6-13-14-8(12-10)18-6/h3-4,10H2,1-2H3,(H,12,14)(H,11,16,17). The van der Waals surface area contributed by atoms with Crippen molar-refractivity contribution in [2.45, 2.75) is 25.9 Å². The molecule has 0 atom stereocenters. The molecule has 1 aliphatic rings. The van der Waals surface area contributed by atoms with E-state index in [-0.39, 0.29) is 18.4 Å². The second kappa shape index (κ2) is 4.59. The van der Waals surface area contributed by atoms with Gasteiger partial charge in [-0.15, -0.1) is 10.2 Å². The number of hydrazine groups is 1. The summed E-state index contributed by atoms with van der Waals surface area (Å²) in [5.74, 6) is 4.61. The van der Waals surface area contributed by atoms with Gasteiger partial charge in [0, 0.05) is 0 Å². The minimum atomic E-state index is -0.754. The smallest absolute Gasteiger partial charge is 0.246 e.